The molecule has 1 N–H and O–H groups in total. The molecule has 3 aromatic rings. The first-order chi connectivity index (χ1) is 17.0. The number of carboxylic acids is 1. The number of carbonyl (C=O) groups is 2. The van der Waals surface area contributed by atoms with Crippen molar-refractivity contribution in [3.05, 3.63) is 108 Å². The van der Waals surface area contributed by atoms with Gasteiger partial charge in [-0.3, -0.25) is 14.0 Å². The number of β-lactam (4-membered cyclic amide) rings is 1. The van der Waals surface area contributed by atoms with Crippen LogP contribution in [0.1, 0.15) is 29.5 Å². The fraction of sp³-hybridized carbons (Fsp3) is 0.250. The van der Waals surface area contributed by atoms with Gasteiger partial charge in [-0.2, -0.15) is 0 Å². The number of aliphatic carboxylic acids is 1. The number of hydrogen-bond donors (Lipinski definition) is 1. The van der Waals surface area contributed by atoms with Gasteiger partial charge in [-0.05, 0) is 23.1 Å². The summed E-state index contributed by atoms with van der Waals surface area (Å²) < 4.78 is 13.3. The van der Waals surface area contributed by atoms with Crippen molar-refractivity contribution in [2.75, 3.05) is 5.75 Å². The number of hydrogen-bond acceptors (Lipinski definition) is 4. The van der Waals surface area contributed by atoms with Gasteiger partial charge >= 0.3 is 5.97 Å². The number of fused-ring (bicyclic) bond motifs is 1. The van der Waals surface area contributed by atoms with Gasteiger partial charge in [0.1, 0.15) is 11.6 Å². The maximum Gasteiger partial charge on any atom is 0.327 e. The van der Waals surface area contributed by atoms with Crippen LogP contribution < -0.4 is 0 Å². The van der Waals surface area contributed by atoms with Crippen molar-refractivity contribution in [3.63, 3.8) is 0 Å². The van der Waals surface area contributed by atoms with Gasteiger partial charge in [0.2, 0.25) is 5.91 Å². The van der Waals surface area contributed by atoms with E-state index in [4.69, 9.17) is 4.99 Å². The highest BCUT2D eigenvalue weighted by Gasteiger charge is 2.55. The molecule has 2 heterocycles. The molecule has 2 fully saturated rings. The predicted molar refractivity (Wildman–Crippen MR) is 136 cm³/mol. The Balaban J connectivity index is 1.51. The van der Waals surface area contributed by atoms with E-state index in [9.17, 15) is 18.9 Å². The van der Waals surface area contributed by atoms with Gasteiger partial charge in [-0.15, -0.1) is 0 Å². The van der Waals surface area contributed by atoms with Crippen LogP contribution in [0.5, 0.6) is 0 Å². The van der Waals surface area contributed by atoms with E-state index < -0.39 is 33.6 Å². The van der Waals surface area contributed by atoms with Gasteiger partial charge in [-0.1, -0.05) is 91.0 Å². The average molecular weight is 487 g/mol. The van der Waals surface area contributed by atoms with Crippen LogP contribution >= 0.6 is 0 Å². The van der Waals surface area contributed by atoms with Gasteiger partial charge < -0.3 is 10.0 Å². The predicted octanol–water partition coefficient (Wildman–Crippen LogP) is 3.62. The number of benzene rings is 3. The molecular weight excluding hydrogens is 460 g/mol. The SMILES string of the molecule is O=C(O)C1C(S(=O)CC=NC(c2ccccc2)(c2ccccc2)c2ccccc2)CC2CC(=O)N21. The molecule has 0 saturated carbocycles. The molecular formula is C28H26N2O4S. The summed E-state index contributed by atoms with van der Waals surface area (Å²) in [5.74, 6) is -1.16. The van der Waals surface area contributed by atoms with E-state index in [0.29, 0.717) is 12.8 Å². The Morgan fingerprint density at radius 2 is 1.43 bits per heavy atom. The number of amides is 1. The van der Waals surface area contributed by atoms with Gasteiger partial charge in [0.25, 0.3) is 0 Å². The monoisotopic (exact) mass is 486 g/mol. The third kappa shape index (κ3) is 4.10. The van der Waals surface area contributed by atoms with E-state index >= 15 is 0 Å². The lowest BCUT2D eigenvalue weighted by Crippen LogP contribution is -2.55. The molecule has 6 nitrogen and oxygen atoms in total. The van der Waals surface area contributed by atoms with Crippen LogP contribution in [0.4, 0.5) is 0 Å². The minimum atomic E-state index is -1.49. The van der Waals surface area contributed by atoms with Crippen LogP contribution in [0.3, 0.4) is 0 Å². The Kier molecular flexibility index (Phi) is 6.34. The van der Waals surface area contributed by atoms with Crippen molar-refractivity contribution in [1.82, 2.24) is 4.90 Å². The first-order valence-electron chi connectivity index (χ1n) is 11.6. The molecule has 3 aromatic carbocycles. The molecule has 4 unspecified atom stereocenters. The highest BCUT2D eigenvalue weighted by atomic mass is 32.2. The average Bonchev–Trinajstić information content (AvgIpc) is 3.21. The van der Waals surface area contributed by atoms with Crippen molar-refractivity contribution in [1.29, 1.82) is 0 Å². The third-order valence-corrected chi connectivity index (χ3v) is 8.54. The first-order valence-corrected chi connectivity index (χ1v) is 13.0. The van der Waals surface area contributed by atoms with Gasteiger partial charge in [0, 0.05) is 29.5 Å². The highest BCUT2D eigenvalue weighted by Crippen LogP contribution is 2.41. The fourth-order valence-corrected chi connectivity index (χ4v) is 6.75. The molecule has 7 heteroatoms. The smallest absolute Gasteiger partial charge is 0.327 e. The lowest BCUT2D eigenvalue weighted by Gasteiger charge is -2.37. The molecule has 0 aliphatic carbocycles. The molecule has 1 amide bonds. The van der Waals surface area contributed by atoms with Crippen LogP contribution in [0, 0.1) is 0 Å². The molecule has 4 atom stereocenters. The van der Waals surface area contributed by atoms with Crippen LogP contribution in [0.15, 0.2) is 96.0 Å². The zero-order valence-electron chi connectivity index (χ0n) is 19.1. The first kappa shape index (κ1) is 23.2. The van der Waals surface area contributed by atoms with Crippen LogP contribution in [0.25, 0.3) is 0 Å². The summed E-state index contributed by atoms with van der Waals surface area (Å²) in [6.45, 7) is 0. The Morgan fingerprint density at radius 3 is 1.86 bits per heavy atom. The summed E-state index contributed by atoms with van der Waals surface area (Å²) >= 11 is 0. The largest absolute Gasteiger partial charge is 0.480 e. The minimum Gasteiger partial charge on any atom is -0.480 e. The van der Waals surface area contributed by atoms with Crippen molar-refractivity contribution in [2.45, 2.75) is 35.7 Å². The van der Waals surface area contributed by atoms with Gasteiger partial charge in [0.05, 0.1) is 11.0 Å². The standard InChI is InChI=1S/C28H26N2O4S/c31-25-19-23-18-24(26(27(32)33)30(23)25)35(34)17-16-29-28(20-10-4-1-5-11-20,21-12-6-2-7-13-21)22-14-8-3-9-15-22/h1-16,23-24,26H,17-19H2,(H,32,33). The van der Waals surface area contributed by atoms with Crippen molar-refractivity contribution >= 4 is 28.9 Å². The molecule has 35 heavy (non-hydrogen) atoms. The Bertz CT molecular complexity index is 1170. The number of nitrogens with zero attached hydrogens (tertiary/aromatic N) is 2. The fourth-order valence-electron chi connectivity index (χ4n) is 5.31. The zero-order valence-corrected chi connectivity index (χ0v) is 19.9. The number of aliphatic imine (C=N–C) groups is 1. The molecule has 0 bridgehead atoms. The van der Waals surface area contributed by atoms with E-state index in [1.807, 2.05) is 91.0 Å². The Hall–Kier alpha value is -3.58. The minimum absolute atomic E-state index is 0.109. The summed E-state index contributed by atoms with van der Waals surface area (Å²) in [6.07, 6.45) is 2.45. The lowest BCUT2D eigenvalue weighted by atomic mass is 9.77. The number of rotatable bonds is 8. The Morgan fingerprint density at radius 1 is 0.943 bits per heavy atom. The van der Waals surface area contributed by atoms with Crippen molar-refractivity contribution in [2.24, 2.45) is 4.99 Å². The maximum atomic E-state index is 13.3. The second-order valence-electron chi connectivity index (χ2n) is 8.88. The topological polar surface area (TPSA) is 87.0 Å². The van der Waals surface area contributed by atoms with E-state index in [1.165, 1.54) is 4.90 Å². The molecule has 0 aromatic heterocycles. The summed E-state index contributed by atoms with van der Waals surface area (Å²) in [5.41, 5.74) is 2.06. The molecule has 0 radical (unpaired) electrons. The molecule has 5 rings (SSSR count). The third-order valence-electron chi connectivity index (χ3n) is 6.94. The summed E-state index contributed by atoms with van der Waals surface area (Å²) in [4.78, 5) is 30.3. The lowest BCUT2D eigenvalue weighted by molar-refractivity contribution is -0.156. The van der Waals surface area contributed by atoms with Gasteiger partial charge in [0.15, 0.2) is 0 Å². The summed E-state index contributed by atoms with van der Waals surface area (Å²) in [7, 11) is -1.49. The molecule has 2 aliphatic rings. The zero-order chi connectivity index (χ0) is 24.4. The van der Waals surface area contributed by atoms with Crippen molar-refractivity contribution in [3.8, 4) is 0 Å². The van der Waals surface area contributed by atoms with Crippen molar-refractivity contribution < 1.29 is 18.9 Å². The maximum absolute atomic E-state index is 13.3. The second kappa shape index (κ2) is 9.58. The molecule has 2 aliphatic heterocycles. The van der Waals surface area contributed by atoms with E-state index in [-0.39, 0.29) is 17.7 Å². The highest BCUT2D eigenvalue weighted by molar-refractivity contribution is 7.86. The number of carboxylic acid groups (broad SMARTS) is 1. The normalized spacial score (nSPS) is 22.6. The summed E-state index contributed by atoms with van der Waals surface area (Å²) in [5, 5.41) is 9.11. The number of carbonyl (C=O) groups excluding carboxylic acids is 1. The van der Waals surface area contributed by atoms with Crippen LogP contribution in [-0.4, -0.2) is 55.4 Å². The molecule has 178 valence electrons. The van der Waals surface area contributed by atoms with E-state index in [0.717, 1.165) is 16.7 Å². The van der Waals surface area contributed by atoms with Crippen LogP contribution in [0.2, 0.25) is 0 Å². The molecule has 0 spiro atoms. The van der Waals surface area contributed by atoms with Gasteiger partial charge in [-0.25, -0.2) is 4.79 Å². The van der Waals surface area contributed by atoms with E-state index in [1.54, 1.807) is 6.21 Å². The second-order valence-corrected chi connectivity index (χ2v) is 10.6. The summed E-state index contributed by atoms with van der Waals surface area (Å²) in [6, 6.07) is 28.7. The quantitative estimate of drug-likeness (QED) is 0.299. The van der Waals surface area contributed by atoms with Crippen LogP contribution in [-0.2, 0) is 25.9 Å². The van der Waals surface area contributed by atoms with E-state index in [2.05, 4.69) is 0 Å². The molecule has 2 saturated heterocycles. The Labute approximate surface area is 206 Å².